The Hall–Kier alpha value is -2.05. The maximum absolute atomic E-state index is 13.2. The van der Waals surface area contributed by atoms with Gasteiger partial charge in [-0.05, 0) is 70.6 Å². The topological polar surface area (TPSA) is 228 Å². The Bertz CT molecular complexity index is 1360. The van der Waals surface area contributed by atoms with E-state index >= 15 is 0 Å². The van der Waals surface area contributed by atoms with Gasteiger partial charge < -0.3 is 65.1 Å². The standard InChI is InChI=1S/C56H101NO13/c1-3-5-7-9-11-13-15-17-19-21-23-25-27-29-31-33-35-37-39-45(60)44(57-48(61)40-38-36-34-32-30-28-26-24-22-20-18-16-14-12-10-8-6-4-2)43-67-55-53(66)51(64)54(47(42-59)69-55)70-56-52(65)50(63)49(62)46(41-58)68-56/h20-23,29,31,37,39,44-47,49-56,58-60,62-66H,3-19,24-28,30,32-36,38,40-43H2,1-2H3,(H,57,61)/b22-20-,23-21+,31-29+,39-37+. The van der Waals surface area contributed by atoms with Crippen LogP contribution in [0.2, 0.25) is 0 Å². The Kier molecular flexibility index (Phi) is 38.7. The summed E-state index contributed by atoms with van der Waals surface area (Å²) in [5.41, 5.74) is 0. The van der Waals surface area contributed by atoms with Crippen molar-refractivity contribution in [2.45, 2.75) is 280 Å². The number of rotatable bonds is 43. The molecule has 1 amide bonds. The molecule has 2 aliphatic rings. The third-order valence-electron chi connectivity index (χ3n) is 13.5. The van der Waals surface area contributed by atoms with Crippen molar-refractivity contribution in [1.29, 1.82) is 0 Å². The Labute approximate surface area is 423 Å². The van der Waals surface area contributed by atoms with Gasteiger partial charge in [-0.15, -0.1) is 0 Å². The van der Waals surface area contributed by atoms with E-state index in [-0.39, 0.29) is 18.9 Å². The van der Waals surface area contributed by atoms with Gasteiger partial charge in [-0.3, -0.25) is 4.79 Å². The lowest BCUT2D eigenvalue weighted by molar-refractivity contribution is -0.359. The minimum absolute atomic E-state index is 0.259. The zero-order valence-electron chi connectivity index (χ0n) is 43.5. The fourth-order valence-corrected chi connectivity index (χ4v) is 8.90. The van der Waals surface area contributed by atoms with Gasteiger partial charge in [0.05, 0.1) is 32.0 Å². The summed E-state index contributed by atoms with van der Waals surface area (Å²) in [4.78, 5) is 13.2. The zero-order valence-corrected chi connectivity index (χ0v) is 43.5. The van der Waals surface area contributed by atoms with E-state index in [1.807, 2.05) is 6.08 Å². The van der Waals surface area contributed by atoms with Crippen LogP contribution in [0.15, 0.2) is 48.6 Å². The van der Waals surface area contributed by atoms with Crippen molar-refractivity contribution < 1.29 is 64.6 Å². The summed E-state index contributed by atoms with van der Waals surface area (Å²) >= 11 is 0. The molecular formula is C56H101NO13. The molecule has 2 rings (SSSR count). The number of aliphatic hydroxyl groups excluding tert-OH is 8. The van der Waals surface area contributed by atoms with E-state index in [1.165, 1.54) is 122 Å². The molecule has 2 fully saturated rings. The minimum atomic E-state index is -1.79. The SMILES string of the molecule is CCCCCCCCC/C=C\CCCCCCCCCC(=O)NC(COC1OC(CO)C(OC2OC(CO)C(O)C(O)C2O)C(O)C1O)C(O)/C=C/CC/C=C/CC/C=C/CCCCCCCCCC. The van der Waals surface area contributed by atoms with Crippen LogP contribution in [0.1, 0.15) is 206 Å². The molecule has 2 heterocycles. The first-order chi connectivity index (χ1) is 34.1. The van der Waals surface area contributed by atoms with Gasteiger partial charge >= 0.3 is 0 Å². The average molecular weight is 996 g/mol. The van der Waals surface area contributed by atoms with Crippen LogP contribution in [0.25, 0.3) is 0 Å². The number of hydrogen-bond donors (Lipinski definition) is 9. The van der Waals surface area contributed by atoms with E-state index < -0.39 is 86.8 Å². The van der Waals surface area contributed by atoms with Crippen molar-refractivity contribution in [3.8, 4) is 0 Å². The quantitative estimate of drug-likeness (QED) is 0.0207. The fourth-order valence-electron chi connectivity index (χ4n) is 8.90. The molecule has 2 saturated heterocycles. The lowest BCUT2D eigenvalue weighted by atomic mass is 9.97. The molecule has 70 heavy (non-hydrogen) atoms. The first-order valence-electron chi connectivity index (χ1n) is 27.9. The van der Waals surface area contributed by atoms with Crippen LogP contribution < -0.4 is 5.32 Å². The van der Waals surface area contributed by atoms with E-state index in [2.05, 4.69) is 55.6 Å². The van der Waals surface area contributed by atoms with Gasteiger partial charge in [-0.1, -0.05) is 178 Å². The average Bonchev–Trinajstić information content (AvgIpc) is 3.36. The van der Waals surface area contributed by atoms with Crippen LogP contribution in [0.3, 0.4) is 0 Å². The molecular weight excluding hydrogens is 895 g/mol. The molecule has 2 aliphatic heterocycles. The minimum Gasteiger partial charge on any atom is -0.394 e. The number of nitrogens with one attached hydrogen (secondary N) is 1. The zero-order chi connectivity index (χ0) is 51.0. The smallest absolute Gasteiger partial charge is 0.220 e. The highest BCUT2D eigenvalue weighted by molar-refractivity contribution is 5.76. The maximum Gasteiger partial charge on any atom is 0.220 e. The fraction of sp³-hybridized carbons (Fsp3) is 0.839. The predicted octanol–water partition coefficient (Wildman–Crippen LogP) is 8.44. The van der Waals surface area contributed by atoms with Crippen molar-refractivity contribution in [1.82, 2.24) is 5.32 Å². The van der Waals surface area contributed by atoms with E-state index in [0.29, 0.717) is 12.8 Å². The number of carbonyl (C=O) groups excluding carboxylic acids is 1. The molecule has 12 atom stereocenters. The highest BCUT2D eigenvalue weighted by atomic mass is 16.7. The Morgan fingerprint density at radius 2 is 0.914 bits per heavy atom. The summed E-state index contributed by atoms with van der Waals surface area (Å²) in [6.07, 6.45) is 34.3. The number of amides is 1. The molecule has 14 nitrogen and oxygen atoms in total. The van der Waals surface area contributed by atoms with Crippen molar-refractivity contribution in [2.75, 3.05) is 19.8 Å². The van der Waals surface area contributed by atoms with Gasteiger partial charge in [0.25, 0.3) is 0 Å². The number of carbonyl (C=O) groups is 1. The molecule has 0 radical (unpaired) electrons. The van der Waals surface area contributed by atoms with Gasteiger partial charge in [-0.25, -0.2) is 0 Å². The monoisotopic (exact) mass is 996 g/mol. The second-order valence-corrected chi connectivity index (χ2v) is 19.7. The van der Waals surface area contributed by atoms with Gasteiger partial charge in [0.1, 0.15) is 48.8 Å². The number of ether oxygens (including phenoxy) is 4. The molecule has 0 aromatic carbocycles. The van der Waals surface area contributed by atoms with Crippen molar-refractivity contribution in [3.63, 3.8) is 0 Å². The normalized spacial score (nSPS) is 26.3. The maximum atomic E-state index is 13.2. The van der Waals surface area contributed by atoms with E-state index in [9.17, 15) is 45.6 Å². The Morgan fingerprint density at radius 1 is 0.500 bits per heavy atom. The highest BCUT2D eigenvalue weighted by Crippen LogP contribution is 2.30. The van der Waals surface area contributed by atoms with Crippen LogP contribution in [0, 0.1) is 0 Å². The van der Waals surface area contributed by atoms with Crippen molar-refractivity contribution in [2.24, 2.45) is 0 Å². The van der Waals surface area contributed by atoms with Gasteiger partial charge in [0.15, 0.2) is 12.6 Å². The molecule has 408 valence electrons. The van der Waals surface area contributed by atoms with Gasteiger partial charge in [0.2, 0.25) is 5.91 Å². The second kappa shape index (κ2) is 42.3. The summed E-state index contributed by atoms with van der Waals surface area (Å²) in [7, 11) is 0. The van der Waals surface area contributed by atoms with Crippen LogP contribution in [-0.4, -0.2) is 140 Å². The van der Waals surface area contributed by atoms with Gasteiger partial charge in [0, 0.05) is 6.42 Å². The molecule has 0 aromatic rings. The van der Waals surface area contributed by atoms with Gasteiger partial charge in [-0.2, -0.15) is 0 Å². The lowest BCUT2D eigenvalue weighted by Crippen LogP contribution is -2.65. The molecule has 14 heteroatoms. The summed E-state index contributed by atoms with van der Waals surface area (Å²) in [5.74, 6) is -0.259. The third-order valence-corrected chi connectivity index (χ3v) is 13.5. The molecule has 12 unspecified atom stereocenters. The number of allylic oxidation sites excluding steroid dienone is 7. The number of aliphatic hydroxyl groups is 8. The summed E-state index contributed by atoms with van der Waals surface area (Å²) < 4.78 is 22.7. The first kappa shape index (κ1) is 64.1. The van der Waals surface area contributed by atoms with Crippen molar-refractivity contribution >= 4 is 5.91 Å². The molecule has 0 bridgehead atoms. The molecule has 9 N–H and O–H groups in total. The summed E-state index contributed by atoms with van der Waals surface area (Å²) in [5, 5.41) is 86.9. The van der Waals surface area contributed by atoms with Crippen molar-refractivity contribution in [3.05, 3.63) is 48.6 Å². The Balaban J connectivity index is 1.84. The Morgan fingerprint density at radius 3 is 1.40 bits per heavy atom. The number of hydrogen-bond acceptors (Lipinski definition) is 13. The summed E-state index contributed by atoms with van der Waals surface area (Å²) in [6.45, 7) is 2.76. The highest BCUT2D eigenvalue weighted by Gasteiger charge is 2.51. The second-order valence-electron chi connectivity index (χ2n) is 19.7. The molecule has 0 aliphatic carbocycles. The largest absolute Gasteiger partial charge is 0.394 e. The van der Waals surface area contributed by atoms with E-state index in [4.69, 9.17) is 18.9 Å². The van der Waals surface area contributed by atoms with Crippen LogP contribution >= 0.6 is 0 Å². The van der Waals surface area contributed by atoms with E-state index in [1.54, 1.807) is 6.08 Å². The van der Waals surface area contributed by atoms with Crippen LogP contribution in [-0.2, 0) is 23.7 Å². The molecule has 0 spiro atoms. The molecule has 0 aromatic heterocycles. The molecule has 0 saturated carbocycles. The first-order valence-corrected chi connectivity index (χ1v) is 27.9. The third kappa shape index (κ3) is 28.4. The lowest BCUT2D eigenvalue weighted by Gasteiger charge is -2.46. The summed E-state index contributed by atoms with van der Waals surface area (Å²) in [6, 6.07) is -0.940. The number of unbranched alkanes of at least 4 members (excludes halogenated alkanes) is 24. The van der Waals surface area contributed by atoms with E-state index in [0.717, 1.165) is 51.4 Å². The van der Waals surface area contributed by atoms with Crippen LogP contribution in [0.5, 0.6) is 0 Å². The predicted molar refractivity (Wildman–Crippen MR) is 277 cm³/mol. The van der Waals surface area contributed by atoms with Crippen LogP contribution in [0.4, 0.5) is 0 Å².